The lowest BCUT2D eigenvalue weighted by Gasteiger charge is -2.28. The quantitative estimate of drug-likeness (QED) is 0.854. The fourth-order valence-electron chi connectivity index (χ4n) is 3.84. The number of aromatic nitrogens is 1. The van der Waals surface area contributed by atoms with Crippen molar-refractivity contribution in [1.82, 2.24) is 14.8 Å². The van der Waals surface area contributed by atoms with Gasteiger partial charge in [0, 0.05) is 41.8 Å². The standard InChI is InChI=1S/C19H23N3OS/c23-19(16-7-5-15(6-8-16)18-20-9-13-24-18)22-12-3-4-17(22)14-21-10-1-2-11-21/h5-9,13,17H,1-4,10-12,14H2/t17-/m0/s1. The van der Waals surface area contributed by atoms with Crippen molar-refractivity contribution in [3.05, 3.63) is 41.4 Å². The summed E-state index contributed by atoms with van der Waals surface area (Å²) >= 11 is 1.62. The Kier molecular flexibility index (Phi) is 4.63. The van der Waals surface area contributed by atoms with Crippen LogP contribution in [-0.4, -0.2) is 52.9 Å². The summed E-state index contributed by atoms with van der Waals surface area (Å²) in [6, 6.07) is 8.30. The Balaban J connectivity index is 1.45. The lowest BCUT2D eigenvalue weighted by atomic mass is 10.1. The van der Waals surface area contributed by atoms with Crippen molar-refractivity contribution in [1.29, 1.82) is 0 Å². The average molecular weight is 341 g/mol. The van der Waals surface area contributed by atoms with Gasteiger partial charge in [-0.25, -0.2) is 4.98 Å². The molecule has 1 aromatic heterocycles. The van der Waals surface area contributed by atoms with Crippen LogP contribution in [0.25, 0.3) is 10.6 Å². The van der Waals surface area contributed by atoms with E-state index < -0.39 is 0 Å². The summed E-state index contributed by atoms with van der Waals surface area (Å²) in [7, 11) is 0. The summed E-state index contributed by atoms with van der Waals surface area (Å²) in [5.74, 6) is 0.183. The largest absolute Gasteiger partial charge is 0.334 e. The number of nitrogens with zero attached hydrogens (tertiary/aromatic N) is 3. The third-order valence-corrected chi connectivity index (χ3v) is 5.94. The summed E-state index contributed by atoms with van der Waals surface area (Å²) in [5.41, 5.74) is 1.88. The topological polar surface area (TPSA) is 36.4 Å². The van der Waals surface area contributed by atoms with Gasteiger partial charge < -0.3 is 9.80 Å². The zero-order valence-corrected chi connectivity index (χ0v) is 14.7. The highest BCUT2D eigenvalue weighted by Crippen LogP contribution is 2.25. The highest BCUT2D eigenvalue weighted by molar-refractivity contribution is 7.13. The van der Waals surface area contributed by atoms with Crippen molar-refractivity contribution in [2.45, 2.75) is 31.7 Å². The number of amides is 1. The molecular weight excluding hydrogens is 318 g/mol. The van der Waals surface area contributed by atoms with Crippen molar-refractivity contribution >= 4 is 17.2 Å². The minimum absolute atomic E-state index is 0.183. The Morgan fingerprint density at radius 2 is 1.92 bits per heavy atom. The third-order valence-electron chi connectivity index (χ3n) is 5.12. The Morgan fingerprint density at radius 3 is 2.62 bits per heavy atom. The number of rotatable bonds is 4. The molecule has 1 aromatic carbocycles. The smallest absolute Gasteiger partial charge is 0.254 e. The van der Waals surface area contributed by atoms with Gasteiger partial charge >= 0.3 is 0 Å². The highest BCUT2D eigenvalue weighted by atomic mass is 32.1. The van der Waals surface area contributed by atoms with Gasteiger partial charge in [0.25, 0.3) is 5.91 Å². The number of benzene rings is 1. The normalized spacial score (nSPS) is 21.5. The first-order valence-corrected chi connectivity index (χ1v) is 9.72. The van der Waals surface area contributed by atoms with Crippen molar-refractivity contribution in [3.8, 4) is 10.6 Å². The van der Waals surface area contributed by atoms with E-state index in [9.17, 15) is 4.79 Å². The van der Waals surface area contributed by atoms with Gasteiger partial charge in [-0.1, -0.05) is 12.1 Å². The molecule has 5 heteroatoms. The van der Waals surface area contributed by atoms with Crippen LogP contribution in [0.4, 0.5) is 0 Å². The second-order valence-electron chi connectivity index (χ2n) is 6.72. The second kappa shape index (κ2) is 7.03. The van der Waals surface area contributed by atoms with E-state index in [-0.39, 0.29) is 5.91 Å². The number of hydrogen-bond acceptors (Lipinski definition) is 4. The Hall–Kier alpha value is -1.72. The van der Waals surface area contributed by atoms with E-state index in [1.165, 1.54) is 25.9 Å². The average Bonchev–Trinajstić information content (AvgIpc) is 3.37. The van der Waals surface area contributed by atoms with Gasteiger partial charge in [0.2, 0.25) is 0 Å². The van der Waals surface area contributed by atoms with Gasteiger partial charge in [0.1, 0.15) is 5.01 Å². The number of carbonyl (C=O) groups is 1. The molecule has 4 nitrogen and oxygen atoms in total. The molecule has 24 heavy (non-hydrogen) atoms. The molecule has 4 rings (SSSR count). The minimum Gasteiger partial charge on any atom is -0.334 e. The molecule has 0 N–H and O–H groups in total. The number of thiazole rings is 1. The molecule has 0 radical (unpaired) electrons. The van der Waals surface area contributed by atoms with Gasteiger partial charge in [0.05, 0.1) is 0 Å². The van der Waals surface area contributed by atoms with Gasteiger partial charge in [-0.05, 0) is 50.9 Å². The van der Waals surface area contributed by atoms with E-state index >= 15 is 0 Å². The number of hydrogen-bond donors (Lipinski definition) is 0. The molecule has 0 unspecified atom stereocenters. The maximum absolute atomic E-state index is 12.9. The van der Waals surface area contributed by atoms with Gasteiger partial charge in [0.15, 0.2) is 0 Å². The fourth-order valence-corrected chi connectivity index (χ4v) is 4.49. The highest BCUT2D eigenvalue weighted by Gasteiger charge is 2.31. The zero-order valence-electron chi connectivity index (χ0n) is 13.9. The Bertz CT molecular complexity index is 677. The lowest BCUT2D eigenvalue weighted by molar-refractivity contribution is 0.0709. The lowest BCUT2D eigenvalue weighted by Crippen LogP contribution is -2.42. The van der Waals surface area contributed by atoms with Crippen molar-refractivity contribution in [3.63, 3.8) is 0 Å². The van der Waals surface area contributed by atoms with E-state index in [2.05, 4.69) is 14.8 Å². The van der Waals surface area contributed by atoms with Gasteiger partial charge in [-0.2, -0.15) is 0 Å². The molecule has 2 aromatic rings. The number of likely N-dealkylation sites (tertiary alicyclic amines) is 2. The third kappa shape index (κ3) is 3.23. The van der Waals surface area contributed by atoms with E-state index in [0.717, 1.165) is 42.1 Å². The number of carbonyl (C=O) groups excluding carboxylic acids is 1. The van der Waals surface area contributed by atoms with Crippen LogP contribution in [-0.2, 0) is 0 Å². The van der Waals surface area contributed by atoms with Crippen LogP contribution in [0.5, 0.6) is 0 Å². The van der Waals surface area contributed by atoms with Crippen LogP contribution in [0.3, 0.4) is 0 Å². The van der Waals surface area contributed by atoms with Crippen molar-refractivity contribution in [2.75, 3.05) is 26.2 Å². The molecule has 1 amide bonds. The van der Waals surface area contributed by atoms with Gasteiger partial charge in [-0.15, -0.1) is 11.3 Å². The summed E-state index contributed by atoms with van der Waals surface area (Å²) in [5, 5.41) is 2.98. The SMILES string of the molecule is O=C(c1ccc(-c2nccs2)cc1)N1CCC[C@H]1CN1CCCC1. The molecule has 126 valence electrons. The molecule has 2 saturated heterocycles. The fraction of sp³-hybridized carbons (Fsp3) is 0.474. The molecule has 1 atom stereocenters. The molecule has 2 aliphatic heterocycles. The molecule has 2 fully saturated rings. The second-order valence-corrected chi connectivity index (χ2v) is 7.61. The van der Waals surface area contributed by atoms with Crippen LogP contribution in [0.2, 0.25) is 0 Å². The van der Waals surface area contributed by atoms with Crippen LogP contribution < -0.4 is 0 Å². The van der Waals surface area contributed by atoms with Crippen LogP contribution in [0, 0.1) is 0 Å². The molecular formula is C19H23N3OS. The maximum Gasteiger partial charge on any atom is 0.254 e. The Labute approximate surface area is 147 Å². The molecule has 0 bridgehead atoms. The minimum atomic E-state index is 0.183. The molecule has 0 spiro atoms. The van der Waals surface area contributed by atoms with E-state index in [4.69, 9.17) is 0 Å². The zero-order chi connectivity index (χ0) is 16.4. The molecule has 3 heterocycles. The first kappa shape index (κ1) is 15.8. The summed E-state index contributed by atoms with van der Waals surface area (Å²) in [6.45, 7) is 4.33. The molecule has 0 saturated carbocycles. The van der Waals surface area contributed by atoms with Crippen LogP contribution in [0.15, 0.2) is 35.8 Å². The van der Waals surface area contributed by atoms with Crippen molar-refractivity contribution in [2.24, 2.45) is 0 Å². The molecule has 2 aliphatic rings. The van der Waals surface area contributed by atoms with Crippen LogP contribution in [0.1, 0.15) is 36.0 Å². The summed E-state index contributed by atoms with van der Waals surface area (Å²) < 4.78 is 0. The van der Waals surface area contributed by atoms with Crippen molar-refractivity contribution < 1.29 is 4.79 Å². The first-order chi connectivity index (χ1) is 11.8. The van der Waals surface area contributed by atoms with Gasteiger partial charge in [-0.3, -0.25) is 4.79 Å². The predicted molar refractivity (Wildman–Crippen MR) is 97.3 cm³/mol. The first-order valence-electron chi connectivity index (χ1n) is 8.84. The maximum atomic E-state index is 12.9. The van der Waals surface area contributed by atoms with Crippen LogP contribution >= 0.6 is 11.3 Å². The predicted octanol–water partition coefficient (Wildman–Crippen LogP) is 3.51. The van der Waals surface area contributed by atoms with E-state index in [1.54, 1.807) is 11.3 Å². The van der Waals surface area contributed by atoms with E-state index in [0.29, 0.717) is 6.04 Å². The molecule has 0 aliphatic carbocycles. The summed E-state index contributed by atoms with van der Waals surface area (Å²) in [4.78, 5) is 21.9. The summed E-state index contributed by atoms with van der Waals surface area (Å²) in [6.07, 6.45) is 6.69. The van der Waals surface area contributed by atoms with E-state index in [1.807, 2.05) is 35.8 Å². The Morgan fingerprint density at radius 1 is 1.12 bits per heavy atom. The monoisotopic (exact) mass is 341 g/mol.